The summed E-state index contributed by atoms with van der Waals surface area (Å²) in [5.41, 5.74) is 6.20. The number of carboxylic acids is 1. The van der Waals surface area contributed by atoms with Crippen LogP contribution in [0.25, 0.3) is 5.65 Å². The molecule has 0 spiro atoms. The van der Waals surface area contributed by atoms with Crippen molar-refractivity contribution >= 4 is 23.7 Å². The summed E-state index contributed by atoms with van der Waals surface area (Å²) < 4.78 is 1.33. The molecule has 1 amide bonds. The lowest BCUT2D eigenvalue weighted by Gasteiger charge is -2.06. The fraction of sp³-hybridized carbons (Fsp3) is 0.368. The Balaban J connectivity index is 0. The topological polar surface area (TPSA) is 134 Å². The van der Waals surface area contributed by atoms with Crippen LogP contribution in [0.3, 0.4) is 0 Å². The number of carboxylic acid groups (broad SMARTS) is 1. The van der Waals surface area contributed by atoms with Gasteiger partial charge in [0.1, 0.15) is 5.65 Å². The van der Waals surface area contributed by atoms with Crippen molar-refractivity contribution in [1.82, 2.24) is 14.7 Å². The first-order valence-corrected chi connectivity index (χ1v) is 8.97. The number of hydrogen-bond acceptors (Lipinski definition) is 5. The second-order valence-corrected chi connectivity index (χ2v) is 4.13. The van der Waals surface area contributed by atoms with Crippen LogP contribution in [0.15, 0.2) is 36.3 Å². The number of nitrogens with one attached hydrogen (secondary N) is 2. The van der Waals surface area contributed by atoms with E-state index in [1.165, 1.54) is 23.0 Å². The van der Waals surface area contributed by atoms with Crippen molar-refractivity contribution < 1.29 is 14.7 Å². The Morgan fingerprint density at radius 3 is 2.33 bits per heavy atom. The number of carbonyl (C=O) groups excluding carboxylic acids is 1. The average Bonchev–Trinajstić information content (AvgIpc) is 3.17. The minimum atomic E-state index is -1.13. The summed E-state index contributed by atoms with van der Waals surface area (Å²) in [4.78, 5) is 27.1. The quantitative estimate of drug-likeness (QED) is 0.593. The molecule has 0 saturated carbocycles. The van der Waals surface area contributed by atoms with Crippen LogP contribution in [0.5, 0.6) is 0 Å². The molecular formula is C19H31N5O3. The van der Waals surface area contributed by atoms with E-state index in [1.807, 2.05) is 41.5 Å². The van der Waals surface area contributed by atoms with Gasteiger partial charge in [0.15, 0.2) is 5.69 Å². The molecule has 2 aromatic heterocycles. The summed E-state index contributed by atoms with van der Waals surface area (Å²) >= 11 is 0. The Labute approximate surface area is 160 Å². The van der Waals surface area contributed by atoms with Crippen LogP contribution in [0.1, 0.15) is 62.4 Å². The molecule has 0 bridgehead atoms. The highest BCUT2D eigenvalue weighted by Gasteiger charge is 2.16. The van der Waals surface area contributed by atoms with Crippen LogP contribution in [0, 0.1) is 5.41 Å². The number of carbonyl (C=O) groups is 2. The van der Waals surface area contributed by atoms with Gasteiger partial charge in [-0.3, -0.25) is 9.20 Å². The molecule has 0 aliphatic carbocycles. The number of amides is 1. The number of aromatic nitrogens is 2. The van der Waals surface area contributed by atoms with Crippen molar-refractivity contribution in [3.63, 3.8) is 0 Å². The number of aromatic carboxylic acids is 1. The normalized spacial score (nSPS) is 9.48. The van der Waals surface area contributed by atoms with Crippen LogP contribution in [-0.2, 0) is 0 Å². The second kappa shape index (κ2) is 15.1. The van der Waals surface area contributed by atoms with Gasteiger partial charge >= 0.3 is 5.97 Å². The number of imidazole rings is 1. The smallest absolute Gasteiger partial charge is 0.354 e. The Bertz CT molecular complexity index is 751. The van der Waals surface area contributed by atoms with Crippen molar-refractivity contribution in [1.29, 1.82) is 5.41 Å². The van der Waals surface area contributed by atoms with E-state index in [0.717, 1.165) is 6.21 Å². The van der Waals surface area contributed by atoms with E-state index in [9.17, 15) is 9.59 Å². The van der Waals surface area contributed by atoms with Gasteiger partial charge in [-0.25, -0.2) is 9.78 Å². The number of nitrogens with zero attached hydrogens (tertiary/aromatic N) is 2. The molecule has 5 N–H and O–H groups in total. The van der Waals surface area contributed by atoms with Crippen molar-refractivity contribution in [2.45, 2.75) is 41.5 Å². The molecule has 0 aliphatic heterocycles. The third-order valence-electron chi connectivity index (χ3n) is 2.85. The first-order valence-electron chi connectivity index (χ1n) is 8.97. The van der Waals surface area contributed by atoms with Gasteiger partial charge in [0.2, 0.25) is 0 Å². The van der Waals surface area contributed by atoms with Crippen LogP contribution in [0.2, 0.25) is 0 Å². The zero-order valence-electron chi connectivity index (χ0n) is 16.9. The molecule has 150 valence electrons. The van der Waals surface area contributed by atoms with Crippen LogP contribution >= 0.6 is 0 Å². The number of rotatable bonds is 5. The molecule has 0 atom stereocenters. The van der Waals surface area contributed by atoms with E-state index in [0.29, 0.717) is 5.57 Å². The third kappa shape index (κ3) is 7.31. The molecule has 0 radical (unpaired) electrons. The first-order chi connectivity index (χ1) is 13.1. The molecule has 2 rings (SSSR count). The van der Waals surface area contributed by atoms with Gasteiger partial charge in [-0.05, 0) is 12.1 Å². The maximum atomic E-state index is 12.1. The minimum absolute atomic E-state index is 0.0262. The second-order valence-electron chi connectivity index (χ2n) is 4.13. The van der Waals surface area contributed by atoms with Crippen LogP contribution in [0.4, 0.5) is 0 Å². The van der Waals surface area contributed by atoms with Gasteiger partial charge in [0, 0.05) is 30.7 Å². The van der Waals surface area contributed by atoms with Gasteiger partial charge in [-0.15, -0.1) is 0 Å². The molecular weight excluding hydrogens is 346 g/mol. The van der Waals surface area contributed by atoms with E-state index in [2.05, 4.69) is 10.3 Å². The summed E-state index contributed by atoms with van der Waals surface area (Å²) in [6.07, 6.45) is 4.98. The van der Waals surface area contributed by atoms with Crippen LogP contribution < -0.4 is 11.1 Å². The maximum absolute atomic E-state index is 12.1. The first kappa shape index (κ1) is 26.1. The fourth-order valence-corrected chi connectivity index (χ4v) is 1.78. The molecule has 27 heavy (non-hydrogen) atoms. The minimum Gasteiger partial charge on any atom is -0.477 e. The molecule has 0 aromatic carbocycles. The number of nitrogens with two attached hydrogens (primary N) is 1. The maximum Gasteiger partial charge on any atom is 0.354 e. The van der Waals surface area contributed by atoms with Gasteiger partial charge in [0.25, 0.3) is 5.91 Å². The van der Waals surface area contributed by atoms with Gasteiger partial charge in [-0.1, -0.05) is 41.5 Å². The number of hydrogen-bond donors (Lipinski definition) is 4. The molecule has 0 unspecified atom stereocenters. The Hall–Kier alpha value is -3.16. The van der Waals surface area contributed by atoms with Crippen molar-refractivity contribution in [2.75, 3.05) is 6.54 Å². The molecule has 2 heterocycles. The number of pyridine rings is 1. The summed E-state index contributed by atoms with van der Waals surface area (Å²) in [7, 11) is 0. The largest absolute Gasteiger partial charge is 0.477 e. The fourth-order valence-electron chi connectivity index (χ4n) is 1.78. The van der Waals surface area contributed by atoms with Gasteiger partial charge < -0.3 is 21.6 Å². The lowest BCUT2D eigenvalue weighted by molar-refractivity contribution is 0.0689. The van der Waals surface area contributed by atoms with E-state index in [-0.39, 0.29) is 23.4 Å². The van der Waals surface area contributed by atoms with E-state index >= 15 is 0 Å². The van der Waals surface area contributed by atoms with Gasteiger partial charge in [0.05, 0.1) is 11.8 Å². The summed E-state index contributed by atoms with van der Waals surface area (Å²) in [6.45, 7) is 12.1. The standard InChI is InChI=1S/C13H13N5O3.3C2H6/c14-4-8(5-15)6-17-12(19)9-2-1-3-18-10(13(20)21)7-16-11(9)18;3*1-2/h1-5,7,14H,6,15H2,(H,17,19)(H,20,21);3*1-2H3/b8-5+,14-4?;;;. The monoisotopic (exact) mass is 377 g/mol. The molecule has 0 aliphatic rings. The summed E-state index contributed by atoms with van der Waals surface area (Å²) in [5, 5.41) is 18.7. The Morgan fingerprint density at radius 2 is 1.85 bits per heavy atom. The molecule has 8 nitrogen and oxygen atoms in total. The average molecular weight is 377 g/mol. The van der Waals surface area contributed by atoms with Crippen molar-refractivity contribution in [2.24, 2.45) is 5.73 Å². The highest BCUT2D eigenvalue weighted by molar-refractivity contribution is 6.01. The summed E-state index contributed by atoms with van der Waals surface area (Å²) in [5.74, 6) is -1.55. The molecule has 2 aromatic rings. The van der Waals surface area contributed by atoms with Crippen LogP contribution in [-0.4, -0.2) is 39.1 Å². The van der Waals surface area contributed by atoms with Crippen molar-refractivity contribution in [3.05, 3.63) is 47.6 Å². The van der Waals surface area contributed by atoms with E-state index in [4.69, 9.17) is 16.2 Å². The van der Waals surface area contributed by atoms with Crippen molar-refractivity contribution in [3.8, 4) is 0 Å². The zero-order valence-corrected chi connectivity index (χ0v) is 16.9. The molecule has 0 fully saturated rings. The molecule has 8 heteroatoms. The summed E-state index contributed by atoms with van der Waals surface area (Å²) in [6, 6.07) is 3.10. The van der Waals surface area contributed by atoms with Gasteiger partial charge in [-0.2, -0.15) is 0 Å². The lowest BCUT2D eigenvalue weighted by atomic mass is 10.2. The van der Waals surface area contributed by atoms with E-state index < -0.39 is 11.9 Å². The Kier molecular flexibility index (Phi) is 14.6. The highest BCUT2D eigenvalue weighted by Crippen LogP contribution is 2.12. The predicted molar refractivity (Wildman–Crippen MR) is 110 cm³/mol. The number of fused-ring (bicyclic) bond motifs is 1. The Morgan fingerprint density at radius 1 is 1.26 bits per heavy atom. The zero-order chi connectivity index (χ0) is 21.4. The van der Waals surface area contributed by atoms with E-state index in [1.54, 1.807) is 12.1 Å². The lowest BCUT2D eigenvalue weighted by Crippen LogP contribution is -2.27. The molecule has 0 saturated heterocycles. The SMILES string of the molecule is CC.CC.CC.N=C/C(=C\N)CNC(=O)c1cccn2c(C(=O)O)cnc12. The predicted octanol–water partition coefficient (Wildman–Crippen LogP) is 3.33. The highest BCUT2D eigenvalue weighted by atomic mass is 16.4. The third-order valence-corrected chi connectivity index (χ3v) is 2.85.